The fourth-order valence-corrected chi connectivity index (χ4v) is 1.85. The van der Waals surface area contributed by atoms with Gasteiger partial charge in [0.25, 0.3) is 0 Å². The zero-order chi connectivity index (χ0) is 13.5. The standard InChI is InChI=1S/C14H28N2O/c1-11(2)10-16-13(17)7-6-12(8-9-15)14(3,4)5/h12H,1,6-10,15H2,2-5H3,(H,16,17). The molecule has 1 unspecified atom stereocenters. The zero-order valence-corrected chi connectivity index (χ0v) is 11.8. The molecule has 0 radical (unpaired) electrons. The van der Waals surface area contributed by atoms with Gasteiger partial charge >= 0.3 is 0 Å². The van der Waals surface area contributed by atoms with Gasteiger partial charge in [-0.25, -0.2) is 0 Å². The van der Waals surface area contributed by atoms with Crippen LogP contribution in [0.15, 0.2) is 12.2 Å². The summed E-state index contributed by atoms with van der Waals surface area (Å²) in [5, 5.41) is 2.86. The quantitative estimate of drug-likeness (QED) is 0.672. The van der Waals surface area contributed by atoms with Gasteiger partial charge in [-0.15, -0.1) is 0 Å². The predicted octanol–water partition coefficient (Wildman–Crippen LogP) is 2.47. The largest absolute Gasteiger partial charge is 0.352 e. The normalized spacial score (nSPS) is 13.2. The van der Waals surface area contributed by atoms with Gasteiger partial charge in [0.15, 0.2) is 0 Å². The molecule has 0 heterocycles. The van der Waals surface area contributed by atoms with Crippen molar-refractivity contribution in [1.82, 2.24) is 5.32 Å². The third-order valence-corrected chi connectivity index (χ3v) is 3.05. The van der Waals surface area contributed by atoms with E-state index < -0.39 is 0 Å². The van der Waals surface area contributed by atoms with Crippen LogP contribution in [0.2, 0.25) is 0 Å². The average molecular weight is 240 g/mol. The number of nitrogens with two attached hydrogens (primary N) is 1. The molecule has 17 heavy (non-hydrogen) atoms. The number of amides is 1. The van der Waals surface area contributed by atoms with E-state index >= 15 is 0 Å². The lowest BCUT2D eigenvalue weighted by Gasteiger charge is -2.30. The molecule has 0 aliphatic heterocycles. The van der Waals surface area contributed by atoms with Crippen LogP contribution in [0.5, 0.6) is 0 Å². The second kappa shape index (κ2) is 7.49. The van der Waals surface area contributed by atoms with Crippen molar-refractivity contribution < 1.29 is 4.79 Å². The number of carbonyl (C=O) groups excluding carboxylic acids is 1. The highest BCUT2D eigenvalue weighted by molar-refractivity contribution is 5.76. The molecule has 0 aromatic heterocycles. The molecule has 1 atom stereocenters. The van der Waals surface area contributed by atoms with Crippen molar-refractivity contribution in [2.24, 2.45) is 17.1 Å². The molecule has 0 saturated carbocycles. The monoisotopic (exact) mass is 240 g/mol. The Balaban J connectivity index is 4.04. The second-order valence-corrected chi connectivity index (χ2v) is 5.91. The highest BCUT2D eigenvalue weighted by Gasteiger charge is 2.24. The van der Waals surface area contributed by atoms with E-state index in [4.69, 9.17) is 5.73 Å². The lowest BCUT2D eigenvalue weighted by atomic mass is 9.76. The minimum Gasteiger partial charge on any atom is -0.352 e. The summed E-state index contributed by atoms with van der Waals surface area (Å²) in [5.41, 5.74) is 6.81. The molecule has 0 saturated heterocycles. The Bertz CT molecular complexity index is 253. The maximum absolute atomic E-state index is 11.6. The molecule has 0 spiro atoms. The van der Waals surface area contributed by atoms with Gasteiger partial charge < -0.3 is 11.1 Å². The van der Waals surface area contributed by atoms with E-state index in [0.717, 1.165) is 18.4 Å². The van der Waals surface area contributed by atoms with Crippen LogP contribution >= 0.6 is 0 Å². The smallest absolute Gasteiger partial charge is 0.220 e. The molecule has 0 aliphatic rings. The van der Waals surface area contributed by atoms with Gasteiger partial charge in [0.1, 0.15) is 0 Å². The van der Waals surface area contributed by atoms with Crippen LogP contribution in [0.1, 0.15) is 47.0 Å². The van der Waals surface area contributed by atoms with Crippen molar-refractivity contribution in [3.63, 3.8) is 0 Å². The molecule has 1 amide bonds. The Kier molecular flexibility index (Phi) is 7.12. The Morgan fingerprint density at radius 1 is 1.35 bits per heavy atom. The first-order valence-corrected chi connectivity index (χ1v) is 6.38. The van der Waals surface area contributed by atoms with Gasteiger partial charge in [-0.2, -0.15) is 0 Å². The molecule has 0 aromatic carbocycles. The highest BCUT2D eigenvalue weighted by atomic mass is 16.1. The third kappa shape index (κ3) is 7.97. The van der Waals surface area contributed by atoms with Crippen molar-refractivity contribution in [2.75, 3.05) is 13.1 Å². The van der Waals surface area contributed by atoms with E-state index in [-0.39, 0.29) is 11.3 Å². The Hall–Kier alpha value is -0.830. The summed E-state index contributed by atoms with van der Waals surface area (Å²) < 4.78 is 0. The summed E-state index contributed by atoms with van der Waals surface area (Å²) in [6.45, 7) is 13.6. The Labute approximate surface area is 106 Å². The van der Waals surface area contributed by atoms with E-state index in [1.54, 1.807) is 0 Å². The zero-order valence-electron chi connectivity index (χ0n) is 11.8. The van der Waals surface area contributed by atoms with Crippen LogP contribution in [0, 0.1) is 11.3 Å². The van der Waals surface area contributed by atoms with E-state index in [1.807, 2.05) is 6.92 Å². The third-order valence-electron chi connectivity index (χ3n) is 3.05. The number of hydrogen-bond donors (Lipinski definition) is 2. The molecular formula is C14H28N2O. The molecule has 0 aromatic rings. The van der Waals surface area contributed by atoms with Gasteiger partial charge in [0, 0.05) is 13.0 Å². The van der Waals surface area contributed by atoms with Gasteiger partial charge in [0.05, 0.1) is 0 Å². The van der Waals surface area contributed by atoms with Crippen LogP contribution in [0.4, 0.5) is 0 Å². The lowest BCUT2D eigenvalue weighted by molar-refractivity contribution is -0.121. The molecule has 0 fully saturated rings. The van der Waals surface area contributed by atoms with Crippen molar-refractivity contribution in [3.8, 4) is 0 Å². The Morgan fingerprint density at radius 3 is 2.35 bits per heavy atom. The molecule has 0 aliphatic carbocycles. The molecule has 0 rings (SSSR count). The summed E-state index contributed by atoms with van der Waals surface area (Å²) in [5.74, 6) is 0.613. The van der Waals surface area contributed by atoms with E-state index in [9.17, 15) is 4.79 Å². The first-order chi connectivity index (χ1) is 7.77. The average Bonchev–Trinajstić information content (AvgIpc) is 2.19. The number of carbonyl (C=O) groups is 1. The molecule has 3 nitrogen and oxygen atoms in total. The van der Waals surface area contributed by atoms with Gasteiger partial charge in [-0.05, 0) is 37.6 Å². The fraction of sp³-hybridized carbons (Fsp3) is 0.786. The van der Waals surface area contributed by atoms with Crippen LogP contribution in [-0.2, 0) is 4.79 Å². The molecule has 3 N–H and O–H groups in total. The topological polar surface area (TPSA) is 55.1 Å². The van der Waals surface area contributed by atoms with Gasteiger partial charge in [0.2, 0.25) is 5.91 Å². The molecular weight excluding hydrogens is 212 g/mol. The lowest BCUT2D eigenvalue weighted by Crippen LogP contribution is -2.28. The highest BCUT2D eigenvalue weighted by Crippen LogP contribution is 2.31. The second-order valence-electron chi connectivity index (χ2n) is 5.91. The molecule has 100 valence electrons. The van der Waals surface area contributed by atoms with Crippen LogP contribution < -0.4 is 11.1 Å². The summed E-state index contributed by atoms with van der Waals surface area (Å²) in [4.78, 5) is 11.6. The maximum Gasteiger partial charge on any atom is 0.220 e. The van der Waals surface area contributed by atoms with Gasteiger partial charge in [-0.1, -0.05) is 32.9 Å². The fourth-order valence-electron chi connectivity index (χ4n) is 1.85. The van der Waals surface area contributed by atoms with Crippen molar-refractivity contribution in [2.45, 2.75) is 47.0 Å². The van der Waals surface area contributed by atoms with Crippen LogP contribution in [-0.4, -0.2) is 19.0 Å². The number of rotatable bonds is 7. The number of hydrogen-bond acceptors (Lipinski definition) is 2. The van der Waals surface area contributed by atoms with Crippen LogP contribution in [0.25, 0.3) is 0 Å². The van der Waals surface area contributed by atoms with Crippen molar-refractivity contribution >= 4 is 5.91 Å². The SMILES string of the molecule is C=C(C)CNC(=O)CCC(CCN)C(C)(C)C. The number of nitrogens with one attached hydrogen (secondary N) is 1. The van der Waals surface area contributed by atoms with Crippen molar-refractivity contribution in [3.05, 3.63) is 12.2 Å². The van der Waals surface area contributed by atoms with E-state index in [0.29, 0.717) is 25.4 Å². The summed E-state index contributed by atoms with van der Waals surface area (Å²) in [6, 6.07) is 0. The maximum atomic E-state index is 11.6. The first kappa shape index (κ1) is 16.2. The van der Waals surface area contributed by atoms with Crippen LogP contribution in [0.3, 0.4) is 0 Å². The predicted molar refractivity (Wildman–Crippen MR) is 73.7 cm³/mol. The summed E-state index contributed by atoms with van der Waals surface area (Å²) in [6.07, 6.45) is 2.47. The molecule has 3 heteroatoms. The van der Waals surface area contributed by atoms with E-state index in [1.165, 1.54) is 0 Å². The molecule has 0 bridgehead atoms. The van der Waals surface area contributed by atoms with Gasteiger partial charge in [-0.3, -0.25) is 4.79 Å². The Morgan fingerprint density at radius 2 is 1.94 bits per heavy atom. The van der Waals surface area contributed by atoms with E-state index in [2.05, 4.69) is 32.7 Å². The minimum absolute atomic E-state index is 0.110. The minimum atomic E-state index is 0.110. The van der Waals surface area contributed by atoms with Crippen molar-refractivity contribution in [1.29, 1.82) is 0 Å². The summed E-state index contributed by atoms with van der Waals surface area (Å²) in [7, 11) is 0. The summed E-state index contributed by atoms with van der Waals surface area (Å²) >= 11 is 0. The first-order valence-electron chi connectivity index (χ1n) is 6.38.